The van der Waals surface area contributed by atoms with E-state index in [1.165, 1.54) is 4.68 Å². The van der Waals surface area contributed by atoms with Crippen LogP contribution in [0.2, 0.25) is 0 Å². The van der Waals surface area contributed by atoms with Crippen molar-refractivity contribution >= 4 is 16.5 Å². The SMILES string of the molecule is CCN(C)c1cccc(-n2c(C)c3cnn(-c4cccnc4)c(=O)c3c2C)c1. The Morgan fingerprint density at radius 2 is 1.82 bits per heavy atom. The molecule has 0 spiro atoms. The second-order valence-electron chi connectivity index (χ2n) is 6.90. The number of nitrogens with zero attached hydrogens (tertiary/aromatic N) is 5. The van der Waals surface area contributed by atoms with Crippen LogP contribution in [0.5, 0.6) is 0 Å². The Bertz CT molecular complexity index is 1210. The maximum absolute atomic E-state index is 13.2. The number of aromatic nitrogens is 4. The maximum Gasteiger partial charge on any atom is 0.281 e. The number of fused-ring (bicyclic) bond motifs is 1. The van der Waals surface area contributed by atoms with E-state index in [0.29, 0.717) is 11.1 Å². The van der Waals surface area contributed by atoms with E-state index < -0.39 is 0 Å². The summed E-state index contributed by atoms with van der Waals surface area (Å²) >= 11 is 0. The summed E-state index contributed by atoms with van der Waals surface area (Å²) < 4.78 is 3.54. The molecule has 0 bridgehead atoms. The Morgan fingerprint density at radius 3 is 2.54 bits per heavy atom. The van der Waals surface area contributed by atoms with Gasteiger partial charge >= 0.3 is 0 Å². The van der Waals surface area contributed by atoms with Crippen LogP contribution < -0.4 is 10.5 Å². The molecule has 3 heterocycles. The van der Waals surface area contributed by atoms with E-state index in [1.807, 2.05) is 26.0 Å². The van der Waals surface area contributed by atoms with Crippen molar-refractivity contribution in [1.29, 1.82) is 0 Å². The fraction of sp³-hybridized carbons (Fsp3) is 0.227. The molecule has 4 rings (SSSR count). The third-order valence-electron chi connectivity index (χ3n) is 5.29. The molecule has 0 radical (unpaired) electrons. The van der Waals surface area contributed by atoms with Crippen LogP contribution in [0.15, 0.2) is 59.8 Å². The van der Waals surface area contributed by atoms with E-state index in [4.69, 9.17) is 0 Å². The lowest BCUT2D eigenvalue weighted by Crippen LogP contribution is -2.21. The van der Waals surface area contributed by atoms with Gasteiger partial charge in [0, 0.05) is 47.9 Å². The molecule has 3 aromatic heterocycles. The number of hydrogen-bond donors (Lipinski definition) is 0. The average Bonchev–Trinajstić information content (AvgIpc) is 2.99. The third kappa shape index (κ3) is 2.78. The number of benzene rings is 1. The number of anilines is 1. The minimum atomic E-state index is -0.133. The topological polar surface area (TPSA) is 56.0 Å². The Balaban J connectivity index is 1.95. The van der Waals surface area contributed by atoms with Crippen LogP contribution in [0.25, 0.3) is 22.1 Å². The van der Waals surface area contributed by atoms with E-state index in [2.05, 4.69) is 51.7 Å². The van der Waals surface area contributed by atoms with Gasteiger partial charge in [-0.25, -0.2) is 0 Å². The van der Waals surface area contributed by atoms with Gasteiger partial charge in [0.25, 0.3) is 5.56 Å². The van der Waals surface area contributed by atoms with Gasteiger partial charge in [-0.3, -0.25) is 9.78 Å². The summed E-state index contributed by atoms with van der Waals surface area (Å²) in [7, 11) is 2.07. The molecular formula is C22H23N5O. The molecule has 0 unspecified atom stereocenters. The van der Waals surface area contributed by atoms with Crippen LogP contribution >= 0.6 is 0 Å². The lowest BCUT2D eigenvalue weighted by atomic mass is 10.2. The predicted molar refractivity (Wildman–Crippen MR) is 113 cm³/mol. The summed E-state index contributed by atoms with van der Waals surface area (Å²) in [5, 5.41) is 5.95. The van der Waals surface area contributed by atoms with Crippen LogP contribution in [0, 0.1) is 13.8 Å². The smallest absolute Gasteiger partial charge is 0.281 e. The summed E-state index contributed by atoms with van der Waals surface area (Å²) in [5.74, 6) is 0. The van der Waals surface area contributed by atoms with Crippen molar-refractivity contribution in [3.8, 4) is 11.4 Å². The van der Waals surface area contributed by atoms with Crippen molar-refractivity contribution in [2.75, 3.05) is 18.5 Å². The zero-order valence-corrected chi connectivity index (χ0v) is 16.5. The molecule has 4 aromatic rings. The average molecular weight is 373 g/mol. The predicted octanol–water partition coefficient (Wildman–Crippen LogP) is 3.64. The largest absolute Gasteiger partial charge is 0.375 e. The Morgan fingerprint density at radius 1 is 1.04 bits per heavy atom. The molecule has 0 aliphatic heterocycles. The van der Waals surface area contributed by atoms with Crippen molar-refractivity contribution in [3.05, 3.63) is 76.7 Å². The lowest BCUT2D eigenvalue weighted by molar-refractivity contribution is 0.816. The first-order valence-electron chi connectivity index (χ1n) is 9.34. The standard InChI is InChI=1S/C22H23N5O/c1-5-25(4)17-8-6-9-18(12-17)26-15(2)20-14-24-27(19-10-7-11-23-13-19)22(28)21(20)16(26)3/h6-14H,5H2,1-4H3. The van der Waals surface area contributed by atoms with E-state index in [1.54, 1.807) is 24.7 Å². The summed E-state index contributed by atoms with van der Waals surface area (Å²) in [4.78, 5) is 19.5. The Labute approximate surface area is 163 Å². The summed E-state index contributed by atoms with van der Waals surface area (Å²) in [6, 6.07) is 12.0. The zero-order chi connectivity index (χ0) is 19.8. The Hall–Kier alpha value is -3.41. The van der Waals surface area contributed by atoms with Gasteiger partial charge in [0.05, 0.1) is 23.5 Å². The van der Waals surface area contributed by atoms with Crippen molar-refractivity contribution in [2.45, 2.75) is 20.8 Å². The summed E-state index contributed by atoms with van der Waals surface area (Å²) in [5.41, 5.74) is 4.62. The first-order valence-corrected chi connectivity index (χ1v) is 9.34. The van der Waals surface area contributed by atoms with Crippen molar-refractivity contribution in [1.82, 2.24) is 19.3 Å². The first-order chi connectivity index (χ1) is 13.5. The second kappa shape index (κ2) is 6.96. The molecule has 28 heavy (non-hydrogen) atoms. The van der Waals surface area contributed by atoms with E-state index >= 15 is 0 Å². The molecular weight excluding hydrogens is 350 g/mol. The molecule has 0 atom stereocenters. The van der Waals surface area contributed by atoms with Crippen LogP contribution in [-0.2, 0) is 0 Å². The van der Waals surface area contributed by atoms with Crippen LogP contribution in [0.3, 0.4) is 0 Å². The van der Waals surface area contributed by atoms with E-state index in [0.717, 1.165) is 34.7 Å². The van der Waals surface area contributed by atoms with E-state index in [-0.39, 0.29) is 5.56 Å². The molecule has 0 aliphatic carbocycles. The van der Waals surface area contributed by atoms with Crippen molar-refractivity contribution in [3.63, 3.8) is 0 Å². The minimum absolute atomic E-state index is 0.133. The molecule has 6 nitrogen and oxygen atoms in total. The van der Waals surface area contributed by atoms with Gasteiger partial charge in [-0.05, 0) is 51.1 Å². The second-order valence-corrected chi connectivity index (χ2v) is 6.90. The normalized spacial score (nSPS) is 11.1. The highest BCUT2D eigenvalue weighted by molar-refractivity contribution is 5.88. The zero-order valence-electron chi connectivity index (χ0n) is 16.5. The minimum Gasteiger partial charge on any atom is -0.375 e. The third-order valence-corrected chi connectivity index (χ3v) is 5.29. The van der Waals surface area contributed by atoms with Gasteiger partial charge in [-0.15, -0.1) is 0 Å². The van der Waals surface area contributed by atoms with Gasteiger partial charge < -0.3 is 9.47 Å². The van der Waals surface area contributed by atoms with Crippen LogP contribution in [0.1, 0.15) is 18.3 Å². The molecule has 0 fully saturated rings. The summed E-state index contributed by atoms with van der Waals surface area (Å²) in [6.45, 7) is 7.07. The maximum atomic E-state index is 13.2. The molecule has 142 valence electrons. The molecule has 6 heteroatoms. The molecule has 0 N–H and O–H groups in total. The van der Waals surface area contributed by atoms with Crippen LogP contribution in [-0.4, -0.2) is 32.9 Å². The number of aryl methyl sites for hydroxylation is 2. The summed E-state index contributed by atoms with van der Waals surface area (Å²) in [6.07, 6.45) is 5.09. The van der Waals surface area contributed by atoms with E-state index in [9.17, 15) is 4.79 Å². The number of pyridine rings is 1. The molecule has 0 amide bonds. The van der Waals surface area contributed by atoms with Gasteiger partial charge in [0.15, 0.2) is 0 Å². The lowest BCUT2D eigenvalue weighted by Gasteiger charge is -2.18. The van der Waals surface area contributed by atoms with Gasteiger partial charge in [-0.2, -0.15) is 9.78 Å². The van der Waals surface area contributed by atoms with Crippen molar-refractivity contribution < 1.29 is 0 Å². The highest BCUT2D eigenvalue weighted by Crippen LogP contribution is 2.28. The molecule has 0 saturated carbocycles. The van der Waals surface area contributed by atoms with Crippen molar-refractivity contribution in [2.24, 2.45) is 0 Å². The Kier molecular flexibility index (Phi) is 4.47. The first kappa shape index (κ1) is 18.0. The highest BCUT2D eigenvalue weighted by Gasteiger charge is 2.18. The number of hydrogen-bond acceptors (Lipinski definition) is 4. The van der Waals surface area contributed by atoms with Gasteiger partial charge in [-0.1, -0.05) is 6.07 Å². The molecule has 0 aliphatic rings. The van der Waals surface area contributed by atoms with Gasteiger partial charge in [0.1, 0.15) is 0 Å². The highest BCUT2D eigenvalue weighted by atomic mass is 16.1. The number of rotatable bonds is 4. The molecule has 0 saturated heterocycles. The van der Waals surface area contributed by atoms with Gasteiger partial charge in [0.2, 0.25) is 0 Å². The fourth-order valence-electron chi connectivity index (χ4n) is 3.66. The monoisotopic (exact) mass is 373 g/mol. The fourth-order valence-corrected chi connectivity index (χ4v) is 3.66. The quantitative estimate of drug-likeness (QED) is 0.548. The molecule has 1 aromatic carbocycles. The van der Waals surface area contributed by atoms with Crippen LogP contribution in [0.4, 0.5) is 5.69 Å².